The van der Waals surface area contributed by atoms with Crippen LogP contribution in [0.15, 0.2) is 83.7 Å². The molecule has 5 nitrogen and oxygen atoms in total. The fourth-order valence-electron chi connectivity index (χ4n) is 4.43. The summed E-state index contributed by atoms with van der Waals surface area (Å²) in [5.74, 6) is 0.109. The van der Waals surface area contributed by atoms with Crippen molar-refractivity contribution in [2.75, 3.05) is 0 Å². The van der Waals surface area contributed by atoms with E-state index in [4.69, 9.17) is 4.98 Å². The molecule has 0 saturated carbocycles. The number of nitrogens with zero attached hydrogens (tertiary/aromatic N) is 3. The standard InChI is InChI=1S/C26H22FN3O2/c1-17-25(31)29(16-19-7-3-2-4-8-19)23(15-18-11-13-20(27)14-12-18)24-28-22-10-6-5-9-21(22)26(32)30(17)24/h2-14,17,23H,15-16H2,1H3/t17-,23+/m0/s1. The van der Waals surface area contributed by atoms with E-state index in [0.717, 1.165) is 11.1 Å². The van der Waals surface area contributed by atoms with Crippen LogP contribution >= 0.6 is 0 Å². The van der Waals surface area contributed by atoms with Gasteiger partial charge in [-0.25, -0.2) is 9.37 Å². The summed E-state index contributed by atoms with van der Waals surface area (Å²) in [6, 6.07) is 22.1. The van der Waals surface area contributed by atoms with Gasteiger partial charge in [-0.2, -0.15) is 0 Å². The molecule has 0 aliphatic carbocycles. The molecule has 5 rings (SSSR count). The molecular weight excluding hydrogens is 405 g/mol. The maximum absolute atomic E-state index is 13.5. The Morgan fingerprint density at radius 2 is 1.56 bits per heavy atom. The highest BCUT2D eigenvalue weighted by Gasteiger charge is 2.39. The predicted molar refractivity (Wildman–Crippen MR) is 121 cm³/mol. The number of halogens is 1. The fraction of sp³-hybridized carbons (Fsp3) is 0.192. The predicted octanol–water partition coefficient (Wildman–Crippen LogP) is 4.42. The molecule has 4 aromatic rings. The van der Waals surface area contributed by atoms with E-state index in [-0.39, 0.29) is 17.3 Å². The van der Waals surface area contributed by atoms with Crippen molar-refractivity contribution in [3.63, 3.8) is 0 Å². The summed E-state index contributed by atoms with van der Waals surface area (Å²) >= 11 is 0. The Morgan fingerprint density at radius 3 is 2.31 bits per heavy atom. The Labute approximate surface area is 184 Å². The summed E-state index contributed by atoms with van der Waals surface area (Å²) in [4.78, 5) is 33.5. The first-order valence-corrected chi connectivity index (χ1v) is 10.6. The Bertz CT molecular complexity index is 1350. The van der Waals surface area contributed by atoms with Crippen LogP contribution in [0.4, 0.5) is 4.39 Å². The Kier molecular flexibility index (Phi) is 5.05. The summed E-state index contributed by atoms with van der Waals surface area (Å²) in [5, 5.41) is 0.493. The number of carbonyl (C=O) groups excluding carboxylic acids is 1. The molecule has 160 valence electrons. The lowest BCUT2D eigenvalue weighted by Crippen LogP contribution is -2.49. The monoisotopic (exact) mass is 427 g/mol. The summed E-state index contributed by atoms with van der Waals surface area (Å²) in [5.41, 5.74) is 2.25. The molecule has 3 aromatic carbocycles. The van der Waals surface area contributed by atoms with Crippen molar-refractivity contribution in [3.05, 3.63) is 112 Å². The van der Waals surface area contributed by atoms with Crippen molar-refractivity contribution in [1.82, 2.24) is 14.5 Å². The largest absolute Gasteiger partial charge is 0.326 e. The van der Waals surface area contributed by atoms with Crippen LogP contribution in [0.3, 0.4) is 0 Å². The highest BCUT2D eigenvalue weighted by molar-refractivity contribution is 5.83. The first-order valence-electron chi connectivity index (χ1n) is 10.6. The first-order chi connectivity index (χ1) is 15.5. The molecule has 32 heavy (non-hydrogen) atoms. The molecule has 2 heterocycles. The third kappa shape index (κ3) is 3.47. The van der Waals surface area contributed by atoms with Gasteiger partial charge < -0.3 is 4.90 Å². The van der Waals surface area contributed by atoms with Crippen LogP contribution in [0.5, 0.6) is 0 Å². The maximum atomic E-state index is 13.5. The minimum absolute atomic E-state index is 0.132. The molecule has 1 aromatic heterocycles. The Morgan fingerprint density at radius 1 is 0.875 bits per heavy atom. The third-order valence-corrected chi connectivity index (χ3v) is 6.08. The molecule has 1 aliphatic heterocycles. The van der Waals surface area contributed by atoms with Gasteiger partial charge in [0.05, 0.1) is 16.9 Å². The van der Waals surface area contributed by atoms with Gasteiger partial charge in [-0.05, 0) is 42.3 Å². The first kappa shape index (κ1) is 20.1. The summed E-state index contributed by atoms with van der Waals surface area (Å²) in [7, 11) is 0. The Hall–Kier alpha value is -3.80. The van der Waals surface area contributed by atoms with E-state index < -0.39 is 12.1 Å². The molecule has 1 amide bonds. The van der Waals surface area contributed by atoms with Gasteiger partial charge in [-0.1, -0.05) is 54.6 Å². The summed E-state index contributed by atoms with van der Waals surface area (Å²) in [6.45, 7) is 2.15. The number of aromatic nitrogens is 2. The van der Waals surface area contributed by atoms with Crippen LogP contribution in [0.1, 0.15) is 36.0 Å². The minimum Gasteiger partial charge on any atom is -0.326 e. The second-order valence-corrected chi connectivity index (χ2v) is 8.14. The van der Waals surface area contributed by atoms with Gasteiger partial charge in [0.25, 0.3) is 5.56 Å². The second kappa shape index (κ2) is 8.04. The van der Waals surface area contributed by atoms with E-state index in [1.54, 1.807) is 36.1 Å². The average Bonchev–Trinajstić information content (AvgIpc) is 2.81. The average molecular weight is 427 g/mol. The number of hydrogen-bond acceptors (Lipinski definition) is 3. The van der Waals surface area contributed by atoms with Crippen molar-refractivity contribution in [3.8, 4) is 0 Å². The molecule has 0 fully saturated rings. The molecule has 2 atom stereocenters. The van der Waals surface area contributed by atoms with E-state index in [9.17, 15) is 14.0 Å². The van der Waals surface area contributed by atoms with Crippen molar-refractivity contribution in [2.45, 2.75) is 32.0 Å². The number of para-hydroxylation sites is 1. The highest BCUT2D eigenvalue weighted by atomic mass is 19.1. The van der Waals surface area contributed by atoms with Crippen LogP contribution in [-0.2, 0) is 17.8 Å². The third-order valence-electron chi connectivity index (χ3n) is 6.08. The zero-order valence-corrected chi connectivity index (χ0v) is 17.6. The number of rotatable bonds is 4. The van der Waals surface area contributed by atoms with Gasteiger partial charge in [-0.3, -0.25) is 14.2 Å². The van der Waals surface area contributed by atoms with Crippen LogP contribution in [0.25, 0.3) is 10.9 Å². The lowest BCUT2D eigenvalue weighted by molar-refractivity contribution is -0.140. The van der Waals surface area contributed by atoms with Crippen LogP contribution in [-0.4, -0.2) is 20.4 Å². The number of carbonyl (C=O) groups is 1. The van der Waals surface area contributed by atoms with E-state index in [2.05, 4.69) is 0 Å². The molecule has 0 N–H and O–H groups in total. The summed E-state index contributed by atoms with van der Waals surface area (Å²) in [6.07, 6.45) is 0.427. The maximum Gasteiger partial charge on any atom is 0.262 e. The molecule has 0 bridgehead atoms. The highest BCUT2D eigenvalue weighted by Crippen LogP contribution is 2.34. The molecule has 1 aliphatic rings. The van der Waals surface area contributed by atoms with Crippen LogP contribution in [0.2, 0.25) is 0 Å². The quantitative estimate of drug-likeness (QED) is 0.484. The molecule has 0 saturated heterocycles. The SMILES string of the molecule is C[C@H]1C(=O)N(Cc2ccccc2)[C@H](Cc2ccc(F)cc2)c2nc3ccccc3c(=O)n21. The van der Waals surface area contributed by atoms with Crippen molar-refractivity contribution >= 4 is 16.8 Å². The topological polar surface area (TPSA) is 55.2 Å². The van der Waals surface area contributed by atoms with Gasteiger partial charge in [-0.15, -0.1) is 0 Å². The van der Waals surface area contributed by atoms with Crippen LogP contribution < -0.4 is 5.56 Å². The smallest absolute Gasteiger partial charge is 0.262 e. The lowest BCUT2D eigenvalue weighted by atomic mass is 9.98. The van der Waals surface area contributed by atoms with Crippen molar-refractivity contribution in [1.29, 1.82) is 0 Å². The number of fused-ring (bicyclic) bond motifs is 2. The molecular formula is C26H22FN3O2. The van der Waals surface area contributed by atoms with Gasteiger partial charge in [0.15, 0.2) is 0 Å². The zero-order chi connectivity index (χ0) is 22.2. The second-order valence-electron chi connectivity index (χ2n) is 8.14. The minimum atomic E-state index is -0.664. The van der Waals surface area contributed by atoms with E-state index >= 15 is 0 Å². The van der Waals surface area contributed by atoms with E-state index in [1.165, 1.54) is 16.7 Å². The molecule has 6 heteroatoms. The number of hydrogen-bond donors (Lipinski definition) is 0. The number of benzene rings is 3. The van der Waals surface area contributed by atoms with Gasteiger partial charge in [0, 0.05) is 13.0 Å². The van der Waals surface area contributed by atoms with Crippen molar-refractivity contribution in [2.24, 2.45) is 0 Å². The number of amides is 1. The van der Waals surface area contributed by atoms with Crippen molar-refractivity contribution < 1.29 is 9.18 Å². The van der Waals surface area contributed by atoms with Gasteiger partial charge >= 0.3 is 0 Å². The molecule has 0 spiro atoms. The fourth-order valence-corrected chi connectivity index (χ4v) is 4.43. The lowest BCUT2D eigenvalue weighted by Gasteiger charge is -2.40. The molecule has 0 radical (unpaired) electrons. The normalized spacial score (nSPS) is 18.1. The summed E-state index contributed by atoms with van der Waals surface area (Å²) < 4.78 is 15.0. The molecule has 0 unspecified atom stereocenters. The van der Waals surface area contributed by atoms with Crippen LogP contribution in [0, 0.1) is 5.82 Å². The van der Waals surface area contributed by atoms with Gasteiger partial charge in [0.2, 0.25) is 5.91 Å². The van der Waals surface area contributed by atoms with Gasteiger partial charge in [0.1, 0.15) is 17.7 Å². The van der Waals surface area contributed by atoms with E-state index in [1.807, 2.05) is 42.5 Å². The zero-order valence-electron chi connectivity index (χ0n) is 17.6. The Balaban J connectivity index is 1.68. The van der Waals surface area contributed by atoms with E-state index in [0.29, 0.717) is 29.7 Å².